The van der Waals surface area contributed by atoms with Crippen LogP contribution in [0.2, 0.25) is 0 Å². The summed E-state index contributed by atoms with van der Waals surface area (Å²) in [4.78, 5) is 9.64. The highest BCUT2D eigenvalue weighted by Crippen LogP contribution is 2.36. The lowest BCUT2D eigenvalue weighted by Gasteiger charge is -2.32. The third kappa shape index (κ3) is 5.19. The largest absolute Gasteiger partial charge is 0.492 e. The molecule has 1 saturated heterocycles. The SMILES string of the molecule is CN(C)CCOc1ccc(-c2cn3c(n2)C(OC2CCN(C)CC2)c2ccccc2CC3)cc1. The second-order valence-corrected chi connectivity index (χ2v) is 9.82. The predicted octanol–water partition coefficient (Wildman–Crippen LogP) is 4.25. The summed E-state index contributed by atoms with van der Waals surface area (Å²) in [5.41, 5.74) is 4.73. The van der Waals surface area contributed by atoms with Crippen molar-refractivity contribution in [1.82, 2.24) is 19.4 Å². The quantitative estimate of drug-likeness (QED) is 0.527. The molecule has 6 heteroatoms. The molecule has 1 atom stereocenters. The van der Waals surface area contributed by atoms with Crippen molar-refractivity contribution in [2.75, 3.05) is 47.4 Å². The fourth-order valence-corrected chi connectivity index (χ4v) is 4.87. The Hall–Kier alpha value is -2.67. The maximum Gasteiger partial charge on any atom is 0.143 e. The van der Waals surface area contributed by atoms with E-state index in [1.54, 1.807) is 0 Å². The summed E-state index contributed by atoms with van der Waals surface area (Å²) in [6, 6.07) is 17.0. The van der Waals surface area contributed by atoms with E-state index in [-0.39, 0.29) is 12.2 Å². The standard InChI is InChI=1S/C28H36N4O2/c1-30(2)18-19-33-23-10-8-22(9-11-23)26-20-32-17-12-21-6-4-5-7-25(21)27(28(32)29-26)34-24-13-15-31(3)16-14-24/h4-11,20,24,27H,12-19H2,1-3H3. The van der Waals surface area contributed by atoms with Gasteiger partial charge in [-0.25, -0.2) is 4.98 Å². The van der Waals surface area contributed by atoms with E-state index in [0.29, 0.717) is 6.61 Å². The zero-order valence-electron chi connectivity index (χ0n) is 20.6. The van der Waals surface area contributed by atoms with E-state index in [9.17, 15) is 0 Å². The van der Waals surface area contributed by atoms with Crippen molar-refractivity contribution in [3.05, 3.63) is 71.7 Å². The summed E-state index contributed by atoms with van der Waals surface area (Å²) in [5.74, 6) is 1.91. The van der Waals surface area contributed by atoms with Gasteiger partial charge in [-0.3, -0.25) is 0 Å². The van der Waals surface area contributed by atoms with Gasteiger partial charge in [0.05, 0.1) is 11.8 Å². The minimum Gasteiger partial charge on any atom is -0.492 e. The van der Waals surface area contributed by atoms with Crippen molar-refractivity contribution in [2.45, 2.75) is 38.0 Å². The van der Waals surface area contributed by atoms with Gasteiger partial charge in [0, 0.05) is 37.9 Å². The lowest BCUT2D eigenvalue weighted by atomic mass is 10.00. The number of fused-ring (bicyclic) bond motifs is 2. The Morgan fingerprint density at radius 2 is 1.76 bits per heavy atom. The molecule has 0 N–H and O–H groups in total. The summed E-state index contributed by atoms with van der Waals surface area (Å²) in [5, 5.41) is 0. The predicted molar refractivity (Wildman–Crippen MR) is 135 cm³/mol. The maximum atomic E-state index is 6.81. The number of aryl methyl sites for hydroxylation is 2. The summed E-state index contributed by atoms with van der Waals surface area (Å²) in [7, 11) is 6.29. The number of benzene rings is 2. The highest BCUT2D eigenvalue weighted by Gasteiger charge is 2.30. The molecule has 1 unspecified atom stereocenters. The number of aromatic nitrogens is 2. The zero-order chi connectivity index (χ0) is 23.5. The average molecular weight is 461 g/mol. The summed E-state index contributed by atoms with van der Waals surface area (Å²) >= 11 is 0. The van der Waals surface area contributed by atoms with Gasteiger partial charge in [0.1, 0.15) is 24.3 Å². The Morgan fingerprint density at radius 1 is 1.00 bits per heavy atom. The fraction of sp³-hybridized carbons (Fsp3) is 0.464. The van der Waals surface area contributed by atoms with Gasteiger partial charge < -0.3 is 23.8 Å². The highest BCUT2D eigenvalue weighted by molar-refractivity contribution is 5.60. The first-order valence-corrected chi connectivity index (χ1v) is 12.4. The third-order valence-corrected chi connectivity index (χ3v) is 6.95. The second kappa shape index (κ2) is 10.3. The lowest BCUT2D eigenvalue weighted by Crippen LogP contribution is -2.35. The van der Waals surface area contributed by atoms with E-state index in [4.69, 9.17) is 14.5 Å². The van der Waals surface area contributed by atoms with E-state index < -0.39 is 0 Å². The van der Waals surface area contributed by atoms with Crippen LogP contribution in [-0.2, 0) is 17.7 Å². The molecule has 180 valence electrons. The fourth-order valence-electron chi connectivity index (χ4n) is 4.87. The number of likely N-dealkylation sites (tertiary alicyclic amines) is 1. The van der Waals surface area contributed by atoms with Gasteiger partial charge in [-0.2, -0.15) is 0 Å². The molecule has 3 aromatic rings. The van der Waals surface area contributed by atoms with Crippen LogP contribution in [0.1, 0.15) is 35.9 Å². The Bertz CT molecular complexity index is 1080. The first kappa shape index (κ1) is 23.1. The topological polar surface area (TPSA) is 42.8 Å². The monoisotopic (exact) mass is 460 g/mol. The van der Waals surface area contributed by atoms with Crippen molar-refractivity contribution in [2.24, 2.45) is 0 Å². The highest BCUT2D eigenvalue weighted by atomic mass is 16.5. The van der Waals surface area contributed by atoms with Crippen molar-refractivity contribution in [3.63, 3.8) is 0 Å². The number of hydrogen-bond donors (Lipinski definition) is 0. The van der Waals surface area contributed by atoms with Gasteiger partial charge >= 0.3 is 0 Å². The van der Waals surface area contributed by atoms with Gasteiger partial charge in [0.25, 0.3) is 0 Å². The van der Waals surface area contributed by atoms with E-state index in [0.717, 1.165) is 68.3 Å². The van der Waals surface area contributed by atoms with Gasteiger partial charge in [-0.15, -0.1) is 0 Å². The van der Waals surface area contributed by atoms with Crippen LogP contribution in [0.3, 0.4) is 0 Å². The maximum absolute atomic E-state index is 6.81. The van der Waals surface area contributed by atoms with Gasteiger partial charge in [-0.1, -0.05) is 24.3 Å². The van der Waals surface area contributed by atoms with Gasteiger partial charge in [0.2, 0.25) is 0 Å². The first-order valence-electron chi connectivity index (χ1n) is 12.4. The molecule has 3 heterocycles. The molecule has 2 aromatic carbocycles. The van der Waals surface area contributed by atoms with Crippen LogP contribution in [-0.4, -0.2) is 72.8 Å². The lowest BCUT2D eigenvalue weighted by molar-refractivity contribution is -0.0275. The minimum atomic E-state index is -0.130. The molecule has 0 spiro atoms. The molecule has 5 rings (SSSR count). The number of ether oxygens (including phenoxy) is 2. The molecule has 2 aliphatic heterocycles. The Labute approximate surface area is 203 Å². The van der Waals surface area contributed by atoms with Crippen molar-refractivity contribution in [1.29, 1.82) is 0 Å². The van der Waals surface area contributed by atoms with Crippen LogP contribution in [0.4, 0.5) is 0 Å². The number of imidazole rings is 1. The molecule has 0 amide bonds. The van der Waals surface area contributed by atoms with Gasteiger partial charge in [0.15, 0.2) is 0 Å². The first-order chi connectivity index (χ1) is 16.6. The Kier molecular flexibility index (Phi) is 6.99. The van der Waals surface area contributed by atoms with E-state index in [2.05, 4.69) is 78.1 Å². The summed E-state index contributed by atoms with van der Waals surface area (Å²) in [6.45, 7) is 4.66. The molecule has 1 fully saturated rings. The normalized spacial score (nSPS) is 19.0. The molecule has 6 nitrogen and oxygen atoms in total. The van der Waals surface area contributed by atoms with Crippen LogP contribution in [0.15, 0.2) is 54.7 Å². The summed E-state index contributed by atoms with van der Waals surface area (Å²) in [6.07, 6.45) is 5.45. The molecule has 0 saturated carbocycles. The Morgan fingerprint density at radius 3 is 2.53 bits per heavy atom. The molecule has 1 aromatic heterocycles. The van der Waals surface area contributed by atoms with Crippen molar-refractivity contribution in [3.8, 4) is 17.0 Å². The van der Waals surface area contributed by atoms with Gasteiger partial charge in [-0.05, 0) is 75.8 Å². The number of hydrogen-bond acceptors (Lipinski definition) is 5. The minimum absolute atomic E-state index is 0.130. The molecule has 34 heavy (non-hydrogen) atoms. The number of nitrogens with zero attached hydrogens (tertiary/aromatic N) is 4. The van der Waals surface area contributed by atoms with Crippen LogP contribution >= 0.6 is 0 Å². The van der Waals surface area contributed by atoms with E-state index >= 15 is 0 Å². The van der Waals surface area contributed by atoms with Crippen LogP contribution < -0.4 is 4.74 Å². The van der Waals surface area contributed by atoms with Crippen LogP contribution in [0.25, 0.3) is 11.3 Å². The van der Waals surface area contributed by atoms with E-state index in [1.165, 1.54) is 11.1 Å². The molecule has 0 radical (unpaired) electrons. The molecule has 0 aliphatic carbocycles. The second-order valence-electron chi connectivity index (χ2n) is 9.82. The van der Waals surface area contributed by atoms with Crippen LogP contribution in [0, 0.1) is 0 Å². The number of rotatable bonds is 7. The number of piperidine rings is 1. The molecular formula is C28H36N4O2. The van der Waals surface area contributed by atoms with Crippen LogP contribution in [0.5, 0.6) is 5.75 Å². The van der Waals surface area contributed by atoms with E-state index in [1.807, 2.05) is 12.1 Å². The third-order valence-electron chi connectivity index (χ3n) is 6.95. The van der Waals surface area contributed by atoms with Crippen molar-refractivity contribution < 1.29 is 9.47 Å². The number of likely N-dealkylation sites (N-methyl/N-ethyl adjacent to an activating group) is 1. The molecule has 2 aliphatic rings. The molecule has 0 bridgehead atoms. The molecular weight excluding hydrogens is 424 g/mol. The van der Waals surface area contributed by atoms with Crippen molar-refractivity contribution >= 4 is 0 Å². The average Bonchev–Trinajstić information content (AvgIpc) is 3.21. The Balaban J connectivity index is 1.40. The zero-order valence-corrected chi connectivity index (χ0v) is 20.6. The summed E-state index contributed by atoms with van der Waals surface area (Å²) < 4.78 is 15.0. The smallest absolute Gasteiger partial charge is 0.143 e.